The highest BCUT2D eigenvalue weighted by atomic mass is 32.2. The van der Waals surface area contributed by atoms with Crippen LogP contribution in [0.5, 0.6) is 0 Å². The average Bonchev–Trinajstić information content (AvgIpc) is 3.04. The molecule has 0 bridgehead atoms. The summed E-state index contributed by atoms with van der Waals surface area (Å²) in [6, 6.07) is 15.5. The molecule has 0 aliphatic carbocycles. The quantitative estimate of drug-likeness (QED) is 0.693. The summed E-state index contributed by atoms with van der Waals surface area (Å²) in [7, 11) is 0. The molecule has 3 aromatic rings. The lowest BCUT2D eigenvalue weighted by atomic mass is 10.2. The van der Waals surface area contributed by atoms with E-state index in [2.05, 4.69) is 20.5 Å². The van der Waals surface area contributed by atoms with Crippen LogP contribution in [0.2, 0.25) is 0 Å². The Morgan fingerprint density at radius 1 is 1.17 bits per heavy atom. The summed E-state index contributed by atoms with van der Waals surface area (Å²) in [5.74, 6) is -0.185. The van der Waals surface area contributed by atoms with E-state index in [4.69, 9.17) is 0 Å². The molecule has 1 unspecified atom stereocenters. The molecule has 24 heavy (non-hydrogen) atoms. The van der Waals surface area contributed by atoms with Crippen molar-refractivity contribution in [2.75, 3.05) is 5.32 Å². The molecule has 0 saturated heterocycles. The smallest absolute Gasteiger partial charge is 0.237 e. The number of hydrogen-bond acceptors (Lipinski definition) is 4. The van der Waals surface area contributed by atoms with Gasteiger partial charge >= 0.3 is 0 Å². The molecule has 3 rings (SSSR count). The number of hydrogen-bond donors (Lipinski definition) is 2. The highest BCUT2D eigenvalue weighted by Crippen LogP contribution is 2.24. The maximum Gasteiger partial charge on any atom is 0.237 e. The standard InChI is InChI=1S/C17H15FN4OS/c1-11(16(23)19-12-7-3-2-4-8-12)24-17-20-15(21-22-17)13-9-5-6-10-14(13)18/h2-11H,1H3,(H,19,23)(H,20,21,22). The van der Waals surface area contributed by atoms with Gasteiger partial charge in [0.1, 0.15) is 5.82 Å². The molecule has 0 spiro atoms. The molecule has 2 aromatic carbocycles. The van der Waals surface area contributed by atoms with Gasteiger partial charge in [-0.2, -0.15) is 0 Å². The number of benzene rings is 2. The lowest BCUT2D eigenvalue weighted by Crippen LogP contribution is -2.22. The van der Waals surface area contributed by atoms with Crippen LogP contribution >= 0.6 is 11.8 Å². The summed E-state index contributed by atoms with van der Waals surface area (Å²) < 4.78 is 13.8. The normalized spacial score (nSPS) is 11.9. The Hall–Kier alpha value is -2.67. The van der Waals surface area contributed by atoms with Crippen LogP contribution in [0.3, 0.4) is 0 Å². The maximum atomic E-state index is 13.8. The van der Waals surface area contributed by atoms with Gasteiger partial charge in [-0.05, 0) is 31.2 Å². The topological polar surface area (TPSA) is 70.7 Å². The number of para-hydroxylation sites is 1. The summed E-state index contributed by atoms with van der Waals surface area (Å²) in [5.41, 5.74) is 1.08. The van der Waals surface area contributed by atoms with Crippen molar-refractivity contribution in [2.45, 2.75) is 17.3 Å². The van der Waals surface area contributed by atoms with E-state index < -0.39 is 5.25 Å². The predicted octanol–water partition coefficient (Wildman–Crippen LogP) is 3.73. The van der Waals surface area contributed by atoms with Gasteiger partial charge in [-0.3, -0.25) is 9.89 Å². The Morgan fingerprint density at radius 3 is 2.62 bits per heavy atom. The Labute approximate surface area is 142 Å². The number of anilines is 1. The van der Waals surface area contributed by atoms with Crippen LogP contribution in [-0.4, -0.2) is 26.3 Å². The van der Waals surface area contributed by atoms with E-state index in [0.29, 0.717) is 16.5 Å². The summed E-state index contributed by atoms with van der Waals surface area (Å²) in [6.45, 7) is 1.77. The SMILES string of the molecule is CC(Sc1n[nH]c(-c2ccccc2F)n1)C(=O)Nc1ccccc1. The fraction of sp³-hybridized carbons (Fsp3) is 0.118. The number of carbonyl (C=O) groups excluding carboxylic acids is 1. The van der Waals surface area contributed by atoms with E-state index >= 15 is 0 Å². The molecule has 0 aliphatic heterocycles. The number of nitrogens with zero attached hydrogens (tertiary/aromatic N) is 2. The van der Waals surface area contributed by atoms with Crippen molar-refractivity contribution < 1.29 is 9.18 Å². The molecule has 0 aliphatic rings. The summed E-state index contributed by atoms with van der Waals surface area (Å²) in [6.07, 6.45) is 0. The van der Waals surface area contributed by atoms with Crippen molar-refractivity contribution in [1.29, 1.82) is 0 Å². The van der Waals surface area contributed by atoms with Crippen molar-refractivity contribution in [1.82, 2.24) is 15.2 Å². The first-order valence-electron chi connectivity index (χ1n) is 7.33. The first kappa shape index (κ1) is 16.2. The second-order valence-corrected chi connectivity index (χ2v) is 6.37. The van der Waals surface area contributed by atoms with Gasteiger partial charge in [-0.15, -0.1) is 5.10 Å². The third kappa shape index (κ3) is 3.80. The molecule has 2 N–H and O–H groups in total. The highest BCUT2D eigenvalue weighted by molar-refractivity contribution is 8.00. The van der Waals surface area contributed by atoms with Crippen LogP contribution in [0.4, 0.5) is 10.1 Å². The number of halogens is 1. The van der Waals surface area contributed by atoms with Crippen molar-refractivity contribution in [3.05, 3.63) is 60.4 Å². The number of rotatable bonds is 5. The zero-order valence-corrected chi connectivity index (χ0v) is 13.7. The van der Waals surface area contributed by atoms with Gasteiger partial charge in [0.25, 0.3) is 0 Å². The van der Waals surface area contributed by atoms with Gasteiger partial charge in [0.2, 0.25) is 11.1 Å². The highest BCUT2D eigenvalue weighted by Gasteiger charge is 2.18. The number of amides is 1. The number of H-pyrrole nitrogens is 1. The summed E-state index contributed by atoms with van der Waals surface area (Å²) in [5, 5.41) is 9.57. The molecule has 1 aromatic heterocycles. The van der Waals surface area contributed by atoms with Crippen LogP contribution in [-0.2, 0) is 4.79 Å². The number of carbonyl (C=O) groups is 1. The van der Waals surface area contributed by atoms with E-state index in [1.807, 2.05) is 30.3 Å². The Balaban J connectivity index is 1.66. The van der Waals surface area contributed by atoms with Crippen LogP contribution in [0.25, 0.3) is 11.4 Å². The third-order valence-corrected chi connectivity index (χ3v) is 4.25. The lowest BCUT2D eigenvalue weighted by Gasteiger charge is -2.09. The van der Waals surface area contributed by atoms with Crippen molar-refractivity contribution >= 4 is 23.4 Å². The molecule has 0 fully saturated rings. The first-order chi connectivity index (χ1) is 11.6. The zero-order chi connectivity index (χ0) is 16.9. The van der Waals surface area contributed by atoms with Crippen LogP contribution in [0.15, 0.2) is 59.8 Å². The second kappa shape index (κ2) is 7.27. The Kier molecular flexibility index (Phi) is 4.90. The second-order valence-electron chi connectivity index (χ2n) is 5.06. The van der Waals surface area contributed by atoms with E-state index in [9.17, 15) is 9.18 Å². The van der Waals surface area contributed by atoms with E-state index in [0.717, 1.165) is 5.69 Å². The minimum atomic E-state index is -0.394. The van der Waals surface area contributed by atoms with Crippen LogP contribution in [0, 0.1) is 5.82 Å². The Bertz CT molecular complexity index is 837. The molecular weight excluding hydrogens is 327 g/mol. The molecule has 0 radical (unpaired) electrons. The molecule has 0 saturated carbocycles. The van der Waals surface area contributed by atoms with E-state index in [1.54, 1.807) is 25.1 Å². The van der Waals surface area contributed by atoms with Crippen molar-refractivity contribution in [2.24, 2.45) is 0 Å². The van der Waals surface area contributed by atoms with E-state index in [1.165, 1.54) is 17.8 Å². The fourth-order valence-electron chi connectivity index (χ4n) is 2.05. The molecule has 7 heteroatoms. The van der Waals surface area contributed by atoms with Gasteiger partial charge in [0.05, 0.1) is 10.8 Å². The zero-order valence-electron chi connectivity index (χ0n) is 12.9. The molecule has 122 valence electrons. The first-order valence-corrected chi connectivity index (χ1v) is 8.21. The molecule has 1 atom stereocenters. The average molecular weight is 342 g/mol. The Morgan fingerprint density at radius 2 is 1.88 bits per heavy atom. The fourth-order valence-corrected chi connectivity index (χ4v) is 2.77. The van der Waals surface area contributed by atoms with Gasteiger partial charge in [-0.25, -0.2) is 9.37 Å². The minimum absolute atomic E-state index is 0.150. The van der Waals surface area contributed by atoms with Crippen LogP contribution < -0.4 is 5.32 Å². The summed E-state index contributed by atoms with van der Waals surface area (Å²) >= 11 is 1.20. The van der Waals surface area contributed by atoms with Crippen LogP contribution in [0.1, 0.15) is 6.92 Å². The van der Waals surface area contributed by atoms with Gasteiger partial charge in [0, 0.05) is 5.69 Å². The molecular formula is C17H15FN4OS. The van der Waals surface area contributed by atoms with Gasteiger partial charge in [-0.1, -0.05) is 42.1 Å². The summed E-state index contributed by atoms with van der Waals surface area (Å²) in [4.78, 5) is 16.4. The van der Waals surface area contributed by atoms with E-state index in [-0.39, 0.29) is 11.7 Å². The van der Waals surface area contributed by atoms with Crippen molar-refractivity contribution in [3.63, 3.8) is 0 Å². The van der Waals surface area contributed by atoms with Gasteiger partial charge in [0.15, 0.2) is 5.82 Å². The monoisotopic (exact) mass is 342 g/mol. The predicted molar refractivity (Wildman–Crippen MR) is 92.2 cm³/mol. The molecule has 1 heterocycles. The number of nitrogens with one attached hydrogen (secondary N) is 2. The number of thioether (sulfide) groups is 1. The largest absolute Gasteiger partial charge is 0.325 e. The minimum Gasteiger partial charge on any atom is -0.325 e. The number of aromatic amines is 1. The molecule has 5 nitrogen and oxygen atoms in total. The molecule has 1 amide bonds. The third-order valence-electron chi connectivity index (χ3n) is 3.29. The maximum absolute atomic E-state index is 13.8. The number of aromatic nitrogens is 3. The lowest BCUT2D eigenvalue weighted by molar-refractivity contribution is -0.115. The van der Waals surface area contributed by atoms with Crippen molar-refractivity contribution in [3.8, 4) is 11.4 Å². The van der Waals surface area contributed by atoms with Gasteiger partial charge < -0.3 is 5.32 Å².